The number of piperidine rings is 1. The molecule has 1 aliphatic heterocycles. The first-order chi connectivity index (χ1) is 8.09. The van der Waals surface area contributed by atoms with Gasteiger partial charge in [-0.3, -0.25) is 4.79 Å². The molecule has 0 N–H and O–H groups in total. The average molecular weight is 258 g/mol. The van der Waals surface area contributed by atoms with E-state index in [2.05, 4.69) is 18.7 Å². The Hall–Kier alpha value is -0.240. The van der Waals surface area contributed by atoms with Gasteiger partial charge in [0.15, 0.2) is 0 Å². The van der Waals surface area contributed by atoms with E-state index in [1.807, 2.05) is 0 Å². The number of hydrogen-bond donors (Lipinski definition) is 0. The van der Waals surface area contributed by atoms with Crippen LogP contribution in [0.25, 0.3) is 0 Å². The molecule has 3 heteroatoms. The fourth-order valence-electron chi connectivity index (χ4n) is 3.33. The summed E-state index contributed by atoms with van der Waals surface area (Å²) in [5.41, 5.74) is 0. The van der Waals surface area contributed by atoms with Gasteiger partial charge in [-0.1, -0.05) is 13.3 Å². The minimum absolute atomic E-state index is 0.248. The number of carbonyl (C=O) groups excluding carboxylic acids is 1. The van der Waals surface area contributed by atoms with Crippen LogP contribution in [0.4, 0.5) is 0 Å². The van der Waals surface area contributed by atoms with Crippen molar-refractivity contribution in [1.29, 1.82) is 0 Å². The summed E-state index contributed by atoms with van der Waals surface area (Å²) >= 11 is 6.13. The molecule has 1 saturated heterocycles. The molecule has 1 amide bonds. The summed E-state index contributed by atoms with van der Waals surface area (Å²) in [5.74, 6) is 1.91. The highest BCUT2D eigenvalue weighted by atomic mass is 35.5. The highest BCUT2D eigenvalue weighted by Gasteiger charge is 2.34. The topological polar surface area (TPSA) is 20.3 Å². The molecule has 17 heavy (non-hydrogen) atoms. The summed E-state index contributed by atoms with van der Waals surface area (Å²) in [7, 11) is 0. The lowest BCUT2D eigenvalue weighted by molar-refractivity contribution is -0.137. The minimum Gasteiger partial charge on any atom is -0.342 e. The number of nitrogens with zero attached hydrogens (tertiary/aromatic N) is 1. The van der Waals surface area contributed by atoms with Crippen LogP contribution in [0.3, 0.4) is 0 Å². The standard InChI is InChI=1S/C14H24ClNO/c1-10-4-3-5-13(10)14(17)16-8-6-12(7-9-16)11(2)15/h10-13H,3-9H2,1-2H3. The van der Waals surface area contributed by atoms with Gasteiger partial charge in [-0.25, -0.2) is 0 Å². The molecule has 1 aliphatic carbocycles. The van der Waals surface area contributed by atoms with Crippen molar-refractivity contribution in [2.45, 2.75) is 51.3 Å². The molecule has 98 valence electrons. The Morgan fingerprint density at radius 2 is 1.88 bits per heavy atom. The molecule has 0 aromatic carbocycles. The fourth-order valence-corrected chi connectivity index (χ4v) is 3.58. The second-order valence-electron chi connectivity index (χ2n) is 5.85. The molecule has 0 aromatic rings. The monoisotopic (exact) mass is 257 g/mol. The Bertz CT molecular complexity index is 271. The number of halogens is 1. The summed E-state index contributed by atoms with van der Waals surface area (Å²) < 4.78 is 0. The lowest BCUT2D eigenvalue weighted by Gasteiger charge is -2.35. The summed E-state index contributed by atoms with van der Waals surface area (Å²) in [5, 5.41) is 0.248. The van der Waals surface area contributed by atoms with Crippen molar-refractivity contribution in [2.24, 2.45) is 17.8 Å². The first-order valence-electron chi connectivity index (χ1n) is 7.02. The van der Waals surface area contributed by atoms with Gasteiger partial charge < -0.3 is 4.90 Å². The van der Waals surface area contributed by atoms with E-state index in [0.29, 0.717) is 23.7 Å². The van der Waals surface area contributed by atoms with Crippen molar-refractivity contribution in [1.82, 2.24) is 4.90 Å². The Morgan fingerprint density at radius 3 is 2.35 bits per heavy atom. The Labute approximate surface area is 110 Å². The number of carbonyl (C=O) groups is 1. The minimum atomic E-state index is 0.248. The quantitative estimate of drug-likeness (QED) is 0.696. The van der Waals surface area contributed by atoms with Gasteiger partial charge in [0.1, 0.15) is 0 Å². The third kappa shape index (κ3) is 2.96. The zero-order valence-electron chi connectivity index (χ0n) is 11.0. The summed E-state index contributed by atoms with van der Waals surface area (Å²) in [6, 6.07) is 0. The molecule has 3 unspecified atom stereocenters. The molecule has 0 radical (unpaired) electrons. The van der Waals surface area contributed by atoms with Crippen molar-refractivity contribution >= 4 is 17.5 Å². The second kappa shape index (κ2) is 5.60. The van der Waals surface area contributed by atoms with Crippen LogP contribution < -0.4 is 0 Å². The summed E-state index contributed by atoms with van der Waals surface area (Å²) in [4.78, 5) is 14.5. The average Bonchev–Trinajstić information content (AvgIpc) is 2.74. The van der Waals surface area contributed by atoms with Gasteiger partial charge >= 0.3 is 0 Å². The van der Waals surface area contributed by atoms with Gasteiger partial charge in [0.05, 0.1) is 0 Å². The first-order valence-corrected chi connectivity index (χ1v) is 7.46. The molecule has 3 atom stereocenters. The first kappa shape index (κ1) is 13.2. The zero-order chi connectivity index (χ0) is 12.4. The van der Waals surface area contributed by atoms with E-state index < -0.39 is 0 Å². The Balaban J connectivity index is 1.86. The molecule has 0 spiro atoms. The van der Waals surface area contributed by atoms with Gasteiger partial charge in [-0.05, 0) is 44.4 Å². The van der Waals surface area contributed by atoms with Crippen LogP contribution in [0.15, 0.2) is 0 Å². The van der Waals surface area contributed by atoms with E-state index in [4.69, 9.17) is 11.6 Å². The Kier molecular flexibility index (Phi) is 4.35. The molecule has 1 heterocycles. The van der Waals surface area contributed by atoms with Crippen LogP contribution in [0.2, 0.25) is 0 Å². The van der Waals surface area contributed by atoms with Crippen molar-refractivity contribution in [3.05, 3.63) is 0 Å². The van der Waals surface area contributed by atoms with Gasteiger partial charge in [-0.15, -0.1) is 11.6 Å². The van der Waals surface area contributed by atoms with E-state index in [0.717, 1.165) is 32.4 Å². The van der Waals surface area contributed by atoms with E-state index in [1.165, 1.54) is 12.8 Å². The van der Waals surface area contributed by atoms with Crippen LogP contribution in [0.5, 0.6) is 0 Å². The van der Waals surface area contributed by atoms with Crippen molar-refractivity contribution in [3.63, 3.8) is 0 Å². The number of likely N-dealkylation sites (tertiary alicyclic amines) is 1. The maximum atomic E-state index is 12.4. The summed E-state index contributed by atoms with van der Waals surface area (Å²) in [6.07, 6.45) is 5.72. The number of hydrogen-bond acceptors (Lipinski definition) is 1. The molecule has 2 fully saturated rings. The molecule has 2 aliphatic rings. The van der Waals surface area contributed by atoms with E-state index >= 15 is 0 Å². The molecule has 2 nitrogen and oxygen atoms in total. The third-order valence-corrected chi connectivity index (χ3v) is 5.04. The number of alkyl halides is 1. The van der Waals surface area contributed by atoms with Crippen LogP contribution >= 0.6 is 11.6 Å². The predicted molar refractivity (Wildman–Crippen MR) is 71.1 cm³/mol. The van der Waals surface area contributed by atoms with E-state index in [9.17, 15) is 4.79 Å². The van der Waals surface area contributed by atoms with Gasteiger partial charge in [0.2, 0.25) is 5.91 Å². The molecule has 0 aromatic heterocycles. The van der Waals surface area contributed by atoms with Gasteiger partial charge in [0.25, 0.3) is 0 Å². The van der Waals surface area contributed by atoms with Crippen LogP contribution in [0, 0.1) is 17.8 Å². The number of amides is 1. The van der Waals surface area contributed by atoms with Crippen molar-refractivity contribution in [3.8, 4) is 0 Å². The Morgan fingerprint density at radius 1 is 1.24 bits per heavy atom. The molecule has 2 rings (SSSR count). The maximum absolute atomic E-state index is 12.4. The van der Waals surface area contributed by atoms with Gasteiger partial charge in [-0.2, -0.15) is 0 Å². The van der Waals surface area contributed by atoms with Crippen LogP contribution in [-0.4, -0.2) is 29.3 Å². The molecular formula is C14H24ClNO. The van der Waals surface area contributed by atoms with Crippen LogP contribution in [0.1, 0.15) is 46.0 Å². The second-order valence-corrected chi connectivity index (χ2v) is 6.54. The van der Waals surface area contributed by atoms with Crippen LogP contribution in [-0.2, 0) is 4.79 Å². The highest BCUT2D eigenvalue weighted by molar-refractivity contribution is 6.20. The fraction of sp³-hybridized carbons (Fsp3) is 0.929. The van der Waals surface area contributed by atoms with Gasteiger partial charge in [0, 0.05) is 24.4 Å². The van der Waals surface area contributed by atoms with E-state index in [1.54, 1.807) is 0 Å². The number of rotatable bonds is 2. The lowest BCUT2D eigenvalue weighted by Crippen LogP contribution is -2.43. The van der Waals surface area contributed by atoms with Crippen molar-refractivity contribution in [2.75, 3.05) is 13.1 Å². The molecule has 1 saturated carbocycles. The molecular weight excluding hydrogens is 234 g/mol. The maximum Gasteiger partial charge on any atom is 0.225 e. The normalized spacial score (nSPS) is 32.8. The predicted octanol–water partition coefficient (Wildman–Crippen LogP) is 3.29. The lowest BCUT2D eigenvalue weighted by atomic mass is 9.91. The van der Waals surface area contributed by atoms with Crippen molar-refractivity contribution < 1.29 is 4.79 Å². The third-order valence-electron chi connectivity index (χ3n) is 4.68. The largest absolute Gasteiger partial charge is 0.342 e. The van der Waals surface area contributed by atoms with E-state index in [-0.39, 0.29) is 5.38 Å². The highest BCUT2D eigenvalue weighted by Crippen LogP contribution is 2.34. The molecule has 0 bridgehead atoms. The zero-order valence-corrected chi connectivity index (χ0v) is 11.7. The summed E-state index contributed by atoms with van der Waals surface area (Å²) in [6.45, 7) is 6.14. The SMILES string of the molecule is CC(Cl)C1CCN(C(=O)C2CCCC2C)CC1. The smallest absolute Gasteiger partial charge is 0.225 e.